The summed E-state index contributed by atoms with van der Waals surface area (Å²) in [4.78, 5) is 20.4. The Labute approximate surface area is 142 Å². The largest absolute Gasteiger partial charge is 0.346 e. The van der Waals surface area contributed by atoms with Crippen molar-refractivity contribution >= 4 is 17.5 Å². The van der Waals surface area contributed by atoms with Crippen molar-refractivity contribution in [3.8, 4) is 11.4 Å². The zero-order valence-corrected chi connectivity index (χ0v) is 13.5. The zero-order chi connectivity index (χ0) is 17.1. The average Bonchev–Trinajstić information content (AvgIpc) is 2.94. The van der Waals surface area contributed by atoms with Crippen LogP contribution in [0.5, 0.6) is 0 Å². The van der Waals surface area contributed by atoms with Crippen LogP contribution in [0, 0.1) is 5.82 Å². The number of benzene rings is 1. The fourth-order valence-electron chi connectivity index (χ4n) is 2.17. The first-order valence-electron chi connectivity index (χ1n) is 7.07. The molecule has 122 valence electrons. The minimum Gasteiger partial charge on any atom is -0.346 e. The Morgan fingerprint density at radius 3 is 2.83 bits per heavy atom. The molecule has 0 saturated carbocycles. The summed E-state index contributed by atoms with van der Waals surface area (Å²) in [7, 11) is 1.77. The maximum Gasteiger partial charge on any atom is 0.253 e. The Morgan fingerprint density at radius 1 is 1.29 bits per heavy atom. The van der Waals surface area contributed by atoms with Crippen molar-refractivity contribution in [3.63, 3.8) is 0 Å². The van der Waals surface area contributed by atoms with Gasteiger partial charge < -0.3 is 5.32 Å². The van der Waals surface area contributed by atoms with Crippen LogP contribution in [-0.4, -0.2) is 25.7 Å². The molecule has 0 atom stereocenters. The number of nitrogens with one attached hydrogen (secondary N) is 1. The molecule has 0 saturated heterocycles. The lowest BCUT2D eigenvalue weighted by Crippen LogP contribution is -2.24. The van der Waals surface area contributed by atoms with Gasteiger partial charge in [-0.1, -0.05) is 11.6 Å². The van der Waals surface area contributed by atoms with Crippen molar-refractivity contribution in [1.82, 2.24) is 25.1 Å². The summed E-state index contributed by atoms with van der Waals surface area (Å²) in [6.07, 6.45) is 4.78. The quantitative estimate of drug-likeness (QED) is 0.789. The van der Waals surface area contributed by atoms with Crippen LogP contribution < -0.4 is 5.32 Å². The van der Waals surface area contributed by atoms with Crippen LogP contribution >= 0.6 is 11.6 Å². The molecule has 0 aliphatic rings. The SMILES string of the molecule is Cn1nc(-c2cnccn2)cc1CNC(=O)c1ccc(F)cc1Cl. The number of amides is 1. The Balaban J connectivity index is 1.73. The molecule has 0 fully saturated rings. The number of carbonyl (C=O) groups excluding carboxylic acids is 1. The molecule has 1 aromatic carbocycles. The van der Waals surface area contributed by atoms with Crippen molar-refractivity contribution in [2.24, 2.45) is 7.05 Å². The number of nitrogens with zero attached hydrogens (tertiary/aromatic N) is 4. The summed E-state index contributed by atoms with van der Waals surface area (Å²) in [6, 6.07) is 5.46. The highest BCUT2D eigenvalue weighted by Gasteiger charge is 2.13. The third-order valence-corrected chi connectivity index (χ3v) is 3.72. The summed E-state index contributed by atoms with van der Waals surface area (Å²) in [5.74, 6) is -0.876. The lowest BCUT2D eigenvalue weighted by molar-refractivity contribution is 0.0950. The molecule has 2 heterocycles. The van der Waals surface area contributed by atoms with Gasteiger partial charge >= 0.3 is 0 Å². The number of carbonyl (C=O) groups is 1. The summed E-state index contributed by atoms with van der Waals surface area (Å²) < 4.78 is 14.7. The smallest absolute Gasteiger partial charge is 0.253 e. The average molecular weight is 346 g/mol. The molecule has 0 radical (unpaired) electrons. The second-order valence-electron chi connectivity index (χ2n) is 5.04. The van der Waals surface area contributed by atoms with E-state index < -0.39 is 5.82 Å². The van der Waals surface area contributed by atoms with E-state index in [2.05, 4.69) is 20.4 Å². The zero-order valence-electron chi connectivity index (χ0n) is 12.7. The van der Waals surface area contributed by atoms with Crippen LogP contribution in [0.2, 0.25) is 5.02 Å². The summed E-state index contributed by atoms with van der Waals surface area (Å²) in [5.41, 5.74) is 2.30. The first-order chi connectivity index (χ1) is 11.5. The van der Waals surface area contributed by atoms with Crippen LogP contribution in [0.4, 0.5) is 4.39 Å². The van der Waals surface area contributed by atoms with Gasteiger partial charge in [-0.3, -0.25) is 19.4 Å². The summed E-state index contributed by atoms with van der Waals surface area (Å²) in [5, 5.41) is 7.15. The van der Waals surface area contributed by atoms with Crippen LogP contribution in [0.1, 0.15) is 16.1 Å². The van der Waals surface area contributed by atoms with E-state index in [0.717, 1.165) is 11.8 Å². The Hall–Kier alpha value is -2.80. The predicted molar refractivity (Wildman–Crippen MR) is 86.8 cm³/mol. The van der Waals surface area contributed by atoms with Crippen molar-refractivity contribution in [3.05, 3.63) is 65.0 Å². The number of rotatable bonds is 4. The third kappa shape index (κ3) is 3.41. The van der Waals surface area contributed by atoms with Crippen molar-refractivity contribution in [2.45, 2.75) is 6.54 Å². The Bertz CT molecular complexity index is 881. The van der Waals surface area contributed by atoms with Crippen LogP contribution in [0.3, 0.4) is 0 Å². The molecule has 3 aromatic rings. The Morgan fingerprint density at radius 2 is 2.12 bits per heavy atom. The van der Waals surface area contributed by atoms with Gasteiger partial charge in [-0.05, 0) is 24.3 Å². The lowest BCUT2D eigenvalue weighted by Gasteiger charge is -2.07. The molecular weight excluding hydrogens is 333 g/mol. The lowest BCUT2D eigenvalue weighted by atomic mass is 10.2. The number of halogens is 2. The predicted octanol–water partition coefficient (Wildman–Crippen LogP) is 2.60. The summed E-state index contributed by atoms with van der Waals surface area (Å²) in [6.45, 7) is 0.246. The molecular formula is C16H13ClFN5O. The van der Waals surface area contributed by atoms with E-state index in [9.17, 15) is 9.18 Å². The van der Waals surface area contributed by atoms with Crippen molar-refractivity contribution in [1.29, 1.82) is 0 Å². The topological polar surface area (TPSA) is 72.7 Å². The van der Waals surface area contributed by atoms with E-state index >= 15 is 0 Å². The standard InChI is InChI=1S/C16H13ClFN5O/c1-23-11(7-14(22-23)15-9-19-4-5-20-15)8-21-16(24)12-3-2-10(18)6-13(12)17/h2-7,9H,8H2,1H3,(H,21,24). The van der Waals surface area contributed by atoms with E-state index in [1.807, 2.05) is 6.07 Å². The van der Waals surface area contributed by atoms with Crippen molar-refractivity contribution in [2.75, 3.05) is 0 Å². The van der Waals surface area contributed by atoms with Gasteiger partial charge in [-0.15, -0.1) is 0 Å². The fraction of sp³-hybridized carbons (Fsp3) is 0.125. The number of aromatic nitrogens is 4. The Kier molecular flexibility index (Phi) is 4.52. The number of hydrogen-bond donors (Lipinski definition) is 1. The first kappa shape index (κ1) is 16.1. The molecule has 1 amide bonds. The highest BCUT2D eigenvalue weighted by atomic mass is 35.5. The van der Waals surface area contributed by atoms with Crippen LogP contribution in [0.15, 0.2) is 42.9 Å². The molecule has 6 nitrogen and oxygen atoms in total. The van der Waals surface area contributed by atoms with E-state index in [1.165, 1.54) is 12.1 Å². The van der Waals surface area contributed by atoms with E-state index in [-0.39, 0.29) is 23.0 Å². The fourth-order valence-corrected chi connectivity index (χ4v) is 2.42. The van der Waals surface area contributed by atoms with E-state index in [1.54, 1.807) is 30.3 Å². The van der Waals surface area contributed by atoms with E-state index in [0.29, 0.717) is 11.4 Å². The molecule has 0 unspecified atom stereocenters. The minimum atomic E-state index is -0.489. The maximum atomic E-state index is 13.0. The van der Waals surface area contributed by atoms with Gasteiger partial charge in [0.15, 0.2) is 0 Å². The normalized spacial score (nSPS) is 10.6. The molecule has 1 N–H and O–H groups in total. The highest BCUT2D eigenvalue weighted by molar-refractivity contribution is 6.33. The highest BCUT2D eigenvalue weighted by Crippen LogP contribution is 2.18. The maximum absolute atomic E-state index is 13.0. The first-order valence-corrected chi connectivity index (χ1v) is 7.45. The monoisotopic (exact) mass is 345 g/mol. The van der Waals surface area contributed by atoms with Crippen molar-refractivity contribution < 1.29 is 9.18 Å². The van der Waals surface area contributed by atoms with Gasteiger partial charge in [-0.2, -0.15) is 5.10 Å². The molecule has 0 spiro atoms. The van der Waals surface area contributed by atoms with E-state index in [4.69, 9.17) is 11.6 Å². The van der Waals surface area contributed by atoms with Gasteiger partial charge in [0.2, 0.25) is 0 Å². The number of aryl methyl sites for hydroxylation is 1. The molecule has 0 bridgehead atoms. The number of hydrogen-bond acceptors (Lipinski definition) is 4. The van der Waals surface area contributed by atoms with Crippen LogP contribution in [0.25, 0.3) is 11.4 Å². The summed E-state index contributed by atoms with van der Waals surface area (Å²) >= 11 is 5.89. The van der Waals surface area contributed by atoms with Gasteiger partial charge in [0, 0.05) is 19.4 Å². The minimum absolute atomic E-state index is 0.0674. The van der Waals surface area contributed by atoms with Crippen LogP contribution in [-0.2, 0) is 13.6 Å². The second kappa shape index (κ2) is 6.76. The van der Waals surface area contributed by atoms with Gasteiger partial charge in [0.25, 0.3) is 5.91 Å². The second-order valence-corrected chi connectivity index (χ2v) is 5.45. The molecule has 2 aromatic heterocycles. The third-order valence-electron chi connectivity index (χ3n) is 3.41. The molecule has 8 heteroatoms. The molecule has 0 aliphatic heterocycles. The molecule has 3 rings (SSSR count). The molecule has 24 heavy (non-hydrogen) atoms. The van der Waals surface area contributed by atoms with Gasteiger partial charge in [-0.25, -0.2) is 4.39 Å². The molecule has 0 aliphatic carbocycles. The van der Waals surface area contributed by atoms with Gasteiger partial charge in [0.1, 0.15) is 17.2 Å². The van der Waals surface area contributed by atoms with Gasteiger partial charge in [0.05, 0.1) is 29.0 Å².